The standard InChI is InChI=1S/C8H7BO3/c9-12-8(11)7(10)6-4-2-1-3-5-6/h1-5,7,10H/t7-/m1/s1. The highest BCUT2D eigenvalue weighted by molar-refractivity contribution is 6.06. The van der Waals surface area contributed by atoms with Gasteiger partial charge in [-0.3, -0.25) is 4.79 Å². The smallest absolute Gasteiger partial charge is 0.378 e. The summed E-state index contributed by atoms with van der Waals surface area (Å²) in [5.74, 6) is -0.860. The minimum atomic E-state index is -1.30. The van der Waals surface area contributed by atoms with Crippen molar-refractivity contribution in [2.75, 3.05) is 0 Å². The second-order valence-electron chi connectivity index (χ2n) is 2.25. The number of aliphatic hydroxyl groups is 1. The topological polar surface area (TPSA) is 46.5 Å². The minimum absolute atomic E-state index is 0.466. The van der Waals surface area contributed by atoms with Crippen molar-refractivity contribution in [1.29, 1.82) is 0 Å². The zero-order valence-corrected chi connectivity index (χ0v) is 6.31. The first-order valence-corrected chi connectivity index (χ1v) is 3.39. The second kappa shape index (κ2) is 3.92. The van der Waals surface area contributed by atoms with Gasteiger partial charge in [-0.05, 0) is 5.56 Å². The van der Waals surface area contributed by atoms with Gasteiger partial charge in [0, 0.05) is 0 Å². The van der Waals surface area contributed by atoms with Crippen LogP contribution in [0.4, 0.5) is 0 Å². The molecule has 0 amide bonds. The summed E-state index contributed by atoms with van der Waals surface area (Å²) >= 11 is 0. The molecule has 2 radical (unpaired) electrons. The van der Waals surface area contributed by atoms with E-state index in [2.05, 4.69) is 12.7 Å². The Bertz CT molecular complexity index is 260. The van der Waals surface area contributed by atoms with Crippen molar-refractivity contribution in [3.05, 3.63) is 35.9 Å². The van der Waals surface area contributed by atoms with Crippen LogP contribution in [-0.4, -0.2) is 19.1 Å². The molecule has 0 aliphatic carbocycles. The summed E-state index contributed by atoms with van der Waals surface area (Å²) in [5.41, 5.74) is 0.466. The third-order valence-electron chi connectivity index (χ3n) is 1.45. The predicted molar refractivity (Wildman–Crippen MR) is 43.2 cm³/mol. The summed E-state index contributed by atoms with van der Waals surface area (Å²) in [4.78, 5) is 10.7. The lowest BCUT2D eigenvalue weighted by Gasteiger charge is -2.07. The lowest BCUT2D eigenvalue weighted by molar-refractivity contribution is -0.143. The molecule has 0 aliphatic heterocycles. The van der Waals surface area contributed by atoms with Gasteiger partial charge < -0.3 is 9.76 Å². The summed E-state index contributed by atoms with van der Waals surface area (Å²) in [5, 5.41) is 9.23. The summed E-state index contributed by atoms with van der Waals surface area (Å²) in [6.45, 7) is 0. The average Bonchev–Trinajstić information content (AvgIpc) is 2.17. The van der Waals surface area contributed by atoms with E-state index in [1.807, 2.05) is 0 Å². The number of hydrogen-bond acceptors (Lipinski definition) is 3. The Hall–Kier alpha value is -1.29. The van der Waals surface area contributed by atoms with E-state index in [-0.39, 0.29) is 0 Å². The number of carbonyl (C=O) groups is 1. The van der Waals surface area contributed by atoms with Gasteiger partial charge in [-0.1, -0.05) is 30.3 Å². The van der Waals surface area contributed by atoms with Gasteiger partial charge in [0.2, 0.25) is 0 Å². The van der Waals surface area contributed by atoms with E-state index >= 15 is 0 Å². The van der Waals surface area contributed by atoms with Crippen molar-refractivity contribution in [1.82, 2.24) is 0 Å². The Labute approximate surface area is 71.4 Å². The molecule has 0 aromatic heterocycles. The monoisotopic (exact) mass is 162 g/mol. The normalized spacial score (nSPS) is 12.1. The van der Waals surface area contributed by atoms with Gasteiger partial charge >= 0.3 is 14.0 Å². The zero-order valence-electron chi connectivity index (χ0n) is 6.31. The Morgan fingerprint density at radius 3 is 2.50 bits per heavy atom. The largest absolute Gasteiger partial charge is 0.541 e. The third-order valence-corrected chi connectivity index (χ3v) is 1.45. The molecule has 12 heavy (non-hydrogen) atoms. The average molecular weight is 162 g/mol. The minimum Gasteiger partial charge on any atom is -0.541 e. The van der Waals surface area contributed by atoms with Crippen LogP contribution in [-0.2, 0) is 9.45 Å². The van der Waals surface area contributed by atoms with Crippen LogP contribution in [0.15, 0.2) is 30.3 Å². The fraction of sp³-hybridized carbons (Fsp3) is 0.125. The lowest BCUT2D eigenvalue weighted by atomic mass is 10.1. The molecule has 3 nitrogen and oxygen atoms in total. The summed E-state index contributed by atoms with van der Waals surface area (Å²) in [7, 11) is 4.60. The van der Waals surface area contributed by atoms with E-state index in [1.54, 1.807) is 30.3 Å². The van der Waals surface area contributed by atoms with Crippen LogP contribution in [0.5, 0.6) is 0 Å². The molecule has 0 heterocycles. The van der Waals surface area contributed by atoms with Crippen LogP contribution in [0.1, 0.15) is 11.7 Å². The summed E-state index contributed by atoms with van der Waals surface area (Å²) < 4.78 is 3.88. The number of rotatable bonds is 2. The molecular weight excluding hydrogens is 155 g/mol. The maximum absolute atomic E-state index is 10.7. The first kappa shape index (κ1) is 8.81. The van der Waals surface area contributed by atoms with Gasteiger partial charge in [-0.25, -0.2) is 0 Å². The van der Waals surface area contributed by atoms with Gasteiger partial charge in [0.25, 0.3) is 0 Å². The first-order valence-electron chi connectivity index (χ1n) is 3.39. The van der Waals surface area contributed by atoms with Crippen molar-refractivity contribution in [2.24, 2.45) is 0 Å². The summed E-state index contributed by atoms with van der Waals surface area (Å²) in [6.07, 6.45) is -1.30. The van der Waals surface area contributed by atoms with Crippen LogP contribution in [0, 0.1) is 0 Å². The maximum Gasteiger partial charge on any atom is 0.378 e. The number of aliphatic hydroxyl groups excluding tert-OH is 1. The SMILES string of the molecule is [B]OC(=O)[C@H](O)c1ccccc1. The van der Waals surface area contributed by atoms with Crippen molar-refractivity contribution in [3.63, 3.8) is 0 Å². The highest BCUT2D eigenvalue weighted by Crippen LogP contribution is 2.12. The molecule has 0 aliphatic rings. The van der Waals surface area contributed by atoms with E-state index in [0.717, 1.165) is 0 Å². The number of hydrogen-bond donors (Lipinski definition) is 1. The van der Waals surface area contributed by atoms with Crippen molar-refractivity contribution in [3.8, 4) is 0 Å². The third kappa shape index (κ3) is 1.86. The molecule has 1 aromatic carbocycles. The molecule has 60 valence electrons. The molecule has 1 N–H and O–H groups in total. The first-order chi connectivity index (χ1) is 5.75. The van der Waals surface area contributed by atoms with Gasteiger partial charge in [0.15, 0.2) is 6.10 Å². The molecule has 0 saturated carbocycles. The number of carbonyl (C=O) groups excluding carboxylic acids is 1. The van der Waals surface area contributed by atoms with Crippen molar-refractivity contribution in [2.45, 2.75) is 6.10 Å². The van der Waals surface area contributed by atoms with Crippen LogP contribution in [0.3, 0.4) is 0 Å². The predicted octanol–water partition coefficient (Wildman–Crippen LogP) is 0.347. The summed E-state index contributed by atoms with van der Waals surface area (Å²) in [6, 6.07) is 8.43. The Morgan fingerprint density at radius 1 is 1.42 bits per heavy atom. The Balaban J connectivity index is 2.78. The molecule has 0 fully saturated rings. The molecule has 0 bridgehead atoms. The fourth-order valence-electron chi connectivity index (χ4n) is 0.836. The van der Waals surface area contributed by atoms with Crippen LogP contribution < -0.4 is 0 Å². The molecule has 1 atom stereocenters. The molecule has 1 aromatic rings. The molecule has 4 heteroatoms. The molecule has 0 spiro atoms. The molecule has 1 rings (SSSR count). The van der Waals surface area contributed by atoms with E-state index < -0.39 is 12.1 Å². The van der Waals surface area contributed by atoms with E-state index in [4.69, 9.17) is 0 Å². The number of benzene rings is 1. The highest BCUT2D eigenvalue weighted by atomic mass is 16.5. The van der Waals surface area contributed by atoms with Crippen molar-refractivity contribution < 1.29 is 14.6 Å². The zero-order chi connectivity index (χ0) is 8.97. The van der Waals surface area contributed by atoms with Gasteiger partial charge in [0.1, 0.15) is 0 Å². The van der Waals surface area contributed by atoms with Gasteiger partial charge in [-0.2, -0.15) is 0 Å². The quantitative estimate of drug-likeness (QED) is 0.638. The van der Waals surface area contributed by atoms with E-state index in [9.17, 15) is 9.90 Å². The van der Waals surface area contributed by atoms with E-state index in [0.29, 0.717) is 5.56 Å². The highest BCUT2D eigenvalue weighted by Gasteiger charge is 2.15. The Kier molecular flexibility index (Phi) is 2.88. The van der Waals surface area contributed by atoms with Crippen LogP contribution in [0.25, 0.3) is 0 Å². The van der Waals surface area contributed by atoms with Crippen LogP contribution >= 0.6 is 0 Å². The van der Waals surface area contributed by atoms with Crippen LogP contribution in [0.2, 0.25) is 0 Å². The maximum atomic E-state index is 10.7. The molecule has 0 unspecified atom stereocenters. The lowest BCUT2D eigenvalue weighted by Crippen LogP contribution is -2.13. The second-order valence-corrected chi connectivity index (χ2v) is 2.25. The fourth-order valence-corrected chi connectivity index (χ4v) is 0.836. The Morgan fingerprint density at radius 2 is 2.00 bits per heavy atom. The van der Waals surface area contributed by atoms with Gasteiger partial charge in [-0.15, -0.1) is 0 Å². The van der Waals surface area contributed by atoms with E-state index in [1.165, 1.54) is 0 Å². The van der Waals surface area contributed by atoms with Crippen molar-refractivity contribution >= 4 is 14.0 Å². The van der Waals surface area contributed by atoms with Gasteiger partial charge in [0.05, 0.1) is 0 Å². The molecular formula is C8H7BO3. The molecule has 0 saturated heterocycles.